The second-order valence-corrected chi connectivity index (χ2v) is 4.59. The molecule has 0 aliphatic carbocycles. The maximum absolute atomic E-state index is 6.36. The molecule has 1 aromatic carbocycles. The Kier molecular flexibility index (Phi) is 5.17. The second kappa shape index (κ2) is 6.21. The molecule has 0 spiro atoms. The number of amidine groups is 1. The average molecular weight is 268 g/mol. The molecule has 18 heavy (non-hydrogen) atoms. The van der Waals surface area contributed by atoms with Crippen molar-refractivity contribution in [1.29, 1.82) is 0 Å². The normalized spacial score (nSPS) is 16.2. The molecule has 0 radical (unpaired) electrons. The van der Waals surface area contributed by atoms with Crippen LogP contribution < -0.4 is 5.73 Å². The van der Waals surface area contributed by atoms with Crippen LogP contribution >= 0.6 is 12.4 Å². The molecule has 0 fully saturated rings. The minimum Gasteiger partial charge on any atom is -0.357 e. The van der Waals surface area contributed by atoms with E-state index in [-0.39, 0.29) is 18.4 Å². The first kappa shape index (κ1) is 15.0. The van der Waals surface area contributed by atoms with Gasteiger partial charge in [-0.3, -0.25) is 4.99 Å². The Labute approximate surface area is 115 Å². The van der Waals surface area contributed by atoms with Crippen LogP contribution in [0.15, 0.2) is 23.2 Å². The minimum absolute atomic E-state index is 0. The lowest BCUT2D eigenvalue weighted by Gasteiger charge is -2.24. The lowest BCUT2D eigenvalue weighted by atomic mass is 9.97. The van der Waals surface area contributed by atoms with Crippen molar-refractivity contribution >= 4 is 18.2 Å². The molecular formula is C14H22ClN3. The predicted octanol–water partition coefficient (Wildman–Crippen LogP) is 2.46. The van der Waals surface area contributed by atoms with Crippen LogP contribution in [0.5, 0.6) is 0 Å². The van der Waals surface area contributed by atoms with Gasteiger partial charge in [-0.1, -0.05) is 18.2 Å². The van der Waals surface area contributed by atoms with E-state index in [4.69, 9.17) is 5.73 Å². The van der Waals surface area contributed by atoms with E-state index in [0.29, 0.717) is 0 Å². The van der Waals surface area contributed by atoms with Gasteiger partial charge in [0.25, 0.3) is 0 Å². The lowest BCUT2D eigenvalue weighted by molar-refractivity contribution is 0.468. The molecule has 0 saturated carbocycles. The van der Waals surface area contributed by atoms with Crippen LogP contribution in [0.2, 0.25) is 0 Å². The number of halogens is 1. The fourth-order valence-electron chi connectivity index (χ4n) is 2.36. The molecule has 1 aromatic rings. The Hall–Kier alpha value is -1.06. The van der Waals surface area contributed by atoms with Gasteiger partial charge in [0.2, 0.25) is 0 Å². The van der Waals surface area contributed by atoms with Crippen LogP contribution in [0.4, 0.5) is 0 Å². The first-order valence-corrected chi connectivity index (χ1v) is 6.26. The van der Waals surface area contributed by atoms with E-state index < -0.39 is 0 Å². The van der Waals surface area contributed by atoms with Crippen molar-refractivity contribution in [3.8, 4) is 0 Å². The zero-order valence-corrected chi connectivity index (χ0v) is 12.1. The maximum Gasteiger partial charge on any atom is 0.121 e. The third-order valence-corrected chi connectivity index (χ3v) is 3.61. The largest absolute Gasteiger partial charge is 0.357 e. The average Bonchev–Trinajstić information content (AvgIpc) is 2.80. The number of benzene rings is 1. The minimum atomic E-state index is -0.0858. The molecule has 0 aromatic heterocycles. The molecular weight excluding hydrogens is 246 g/mol. The van der Waals surface area contributed by atoms with E-state index in [1.54, 1.807) is 0 Å². The molecule has 100 valence electrons. The van der Waals surface area contributed by atoms with Crippen molar-refractivity contribution in [2.24, 2.45) is 10.7 Å². The standard InChI is InChI=1S/C14H21N3.ClH/c1-4-17-9-8-16-14(17)13(15)12-7-5-6-10(2)11(12)3;/h5-7,13H,4,8-9,15H2,1-3H3;1H. The molecule has 0 saturated heterocycles. The van der Waals surface area contributed by atoms with Crippen molar-refractivity contribution in [2.75, 3.05) is 19.6 Å². The highest BCUT2D eigenvalue weighted by molar-refractivity contribution is 5.90. The van der Waals surface area contributed by atoms with E-state index in [9.17, 15) is 0 Å². The van der Waals surface area contributed by atoms with Crippen LogP contribution in [0.25, 0.3) is 0 Å². The van der Waals surface area contributed by atoms with Crippen LogP contribution in [0.3, 0.4) is 0 Å². The van der Waals surface area contributed by atoms with E-state index in [2.05, 4.69) is 48.9 Å². The molecule has 1 aliphatic heterocycles. The van der Waals surface area contributed by atoms with Gasteiger partial charge in [0.1, 0.15) is 5.84 Å². The molecule has 3 nitrogen and oxygen atoms in total. The predicted molar refractivity (Wildman–Crippen MR) is 79.6 cm³/mol. The van der Waals surface area contributed by atoms with Crippen molar-refractivity contribution < 1.29 is 0 Å². The molecule has 2 N–H and O–H groups in total. The van der Waals surface area contributed by atoms with Crippen LogP contribution in [0.1, 0.15) is 29.7 Å². The summed E-state index contributed by atoms with van der Waals surface area (Å²) in [7, 11) is 0. The van der Waals surface area contributed by atoms with Gasteiger partial charge in [-0.25, -0.2) is 0 Å². The summed E-state index contributed by atoms with van der Waals surface area (Å²) in [4.78, 5) is 6.82. The van der Waals surface area contributed by atoms with Crippen molar-refractivity contribution in [2.45, 2.75) is 26.8 Å². The molecule has 4 heteroatoms. The van der Waals surface area contributed by atoms with Gasteiger partial charge < -0.3 is 10.6 Å². The highest BCUT2D eigenvalue weighted by Gasteiger charge is 2.23. The highest BCUT2D eigenvalue weighted by atomic mass is 35.5. The first-order valence-electron chi connectivity index (χ1n) is 6.26. The van der Waals surface area contributed by atoms with Gasteiger partial charge in [-0.15, -0.1) is 12.4 Å². The Balaban J connectivity index is 0.00000162. The quantitative estimate of drug-likeness (QED) is 0.914. The molecule has 0 amide bonds. The van der Waals surface area contributed by atoms with Gasteiger partial charge in [-0.2, -0.15) is 0 Å². The molecule has 1 atom stereocenters. The number of nitrogens with two attached hydrogens (primary N) is 1. The maximum atomic E-state index is 6.36. The van der Waals surface area contributed by atoms with Gasteiger partial charge in [-0.05, 0) is 37.5 Å². The van der Waals surface area contributed by atoms with E-state index in [1.807, 2.05) is 0 Å². The molecule has 2 rings (SSSR count). The number of aryl methyl sites for hydroxylation is 1. The number of nitrogens with zero attached hydrogens (tertiary/aromatic N) is 2. The molecule has 1 heterocycles. The van der Waals surface area contributed by atoms with Crippen LogP contribution in [-0.2, 0) is 0 Å². The van der Waals surface area contributed by atoms with Gasteiger partial charge in [0, 0.05) is 13.1 Å². The van der Waals surface area contributed by atoms with Crippen molar-refractivity contribution in [3.63, 3.8) is 0 Å². The molecule has 0 bridgehead atoms. The SMILES string of the molecule is CCN1CCN=C1C(N)c1cccc(C)c1C.Cl. The van der Waals surface area contributed by atoms with E-state index in [0.717, 1.165) is 25.5 Å². The molecule has 1 unspecified atom stereocenters. The van der Waals surface area contributed by atoms with E-state index >= 15 is 0 Å². The number of likely N-dealkylation sites (N-methyl/N-ethyl adjacent to an activating group) is 1. The summed E-state index contributed by atoms with van der Waals surface area (Å²) in [6.07, 6.45) is 0. The van der Waals surface area contributed by atoms with Crippen molar-refractivity contribution in [1.82, 2.24) is 4.90 Å². The molecule has 1 aliphatic rings. The third kappa shape index (κ3) is 2.68. The monoisotopic (exact) mass is 267 g/mol. The van der Waals surface area contributed by atoms with Gasteiger partial charge >= 0.3 is 0 Å². The summed E-state index contributed by atoms with van der Waals surface area (Å²) >= 11 is 0. The zero-order valence-electron chi connectivity index (χ0n) is 11.3. The fourth-order valence-corrected chi connectivity index (χ4v) is 2.36. The Morgan fingerprint density at radius 2 is 2.11 bits per heavy atom. The van der Waals surface area contributed by atoms with Crippen LogP contribution in [-0.4, -0.2) is 30.4 Å². The number of hydrogen-bond donors (Lipinski definition) is 1. The number of rotatable bonds is 3. The highest BCUT2D eigenvalue weighted by Crippen LogP contribution is 2.22. The Morgan fingerprint density at radius 3 is 2.78 bits per heavy atom. The fraction of sp³-hybridized carbons (Fsp3) is 0.500. The van der Waals surface area contributed by atoms with Gasteiger partial charge in [0.05, 0.1) is 12.6 Å². The topological polar surface area (TPSA) is 41.6 Å². The second-order valence-electron chi connectivity index (χ2n) is 4.59. The summed E-state index contributed by atoms with van der Waals surface area (Å²) in [6.45, 7) is 9.27. The Bertz CT molecular complexity index is 443. The van der Waals surface area contributed by atoms with Crippen LogP contribution in [0, 0.1) is 13.8 Å². The summed E-state index contributed by atoms with van der Waals surface area (Å²) in [5.74, 6) is 1.04. The number of hydrogen-bond acceptors (Lipinski definition) is 3. The summed E-state index contributed by atoms with van der Waals surface area (Å²) in [5.41, 5.74) is 10.1. The Morgan fingerprint density at radius 1 is 1.39 bits per heavy atom. The summed E-state index contributed by atoms with van der Waals surface area (Å²) in [6, 6.07) is 6.22. The lowest BCUT2D eigenvalue weighted by Crippen LogP contribution is -2.36. The van der Waals surface area contributed by atoms with Crippen molar-refractivity contribution in [3.05, 3.63) is 34.9 Å². The number of aliphatic imine (C=N–C) groups is 1. The summed E-state index contributed by atoms with van der Waals surface area (Å²) < 4.78 is 0. The van der Waals surface area contributed by atoms with Gasteiger partial charge in [0.15, 0.2) is 0 Å². The third-order valence-electron chi connectivity index (χ3n) is 3.61. The smallest absolute Gasteiger partial charge is 0.121 e. The summed E-state index contributed by atoms with van der Waals surface area (Å²) in [5, 5.41) is 0. The first-order chi connectivity index (χ1) is 8.15. The van der Waals surface area contributed by atoms with E-state index in [1.165, 1.54) is 16.7 Å². The zero-order chi connectivity index (χ0) is 12.4.